The SMILES string of the molecule is COC(=O)C/C=C\[C@H](C)[C@@H](OCc1ccccc1Br)C(C)C. The van der Waals surface area contributed by atoms with E-state index in [1.807, 2.05) is 30.4 Å². The monoisotopic (exact) mass is 368 g/mol. The molecule has 0 saturated heterocycles. The number of methoxy groups -OCH3 is 1. The summed E-state index contributed by atoms with van der Waals surface area (Å²) in [6.45, 7) is 6.97. The molecule has 3 nitrogen and oxygen atoms in total. The first kappa shape index (κ1) is 18.9. The molecule has 0 aliphatic carbocycles. The van der Waals surface area contributed by atoms with Crippen LogP contribution < -0.4 is 0 Å². The Bertz CT molecular complexity index is 497. The molecule has 0 heterocycles. The third kappa shape index (κ3) is 6.32. The number of esters is 1. The van der Waals surface area contributed by atoms with Crippen LogP contribution in [0.4, 0.5) is 0 Å². The first-order valence-electron chi connectivity index (χ1n) is 7.54. The van der Waals surface area contributed by atoms with Crippen molar-refractivity contribution < 1.29 is 14.3 Å². The number of carbonyl (C=O) groups is 1. The molecule has 1 aromatic carbocycles. The number of rotatable bonds is 8. The summed E-state index contributed by atoms with van der Waals surface area (Å²) in [4.78, 5) is 11.1. The van der Waals surface area contributed by atoms with Gasteiger partial charge in [0.1, 0.15) is 0 Å². The molecule has 0 aliphatic rings. The molecular formula is C18H25BrO3. The summed E-state index contributed by atoms with van der Waals surface area (Å²) in [5.41, 5.74) is 1.14. The Balaban J connectivity index is 2.61. The maximum atomic E-state index is 11.1. The summed E-state index contributed by atoms with van der Waals surface area (Å²) in [7, 11) is 1.40. The van der Waals surface area contributed by atoms with Gasteiger partial charge in [-0.05, 0) is 17.5 Å². The van der Waals surface area contributed by atoms with Crippen molar-refractivity contribution in [3.63, 3.8) is 0 Å². The van der Waals surface area contributed by atoms with Gasteiger partial charge in [-0.15, -0.1) is 0 Å². The average molecular weight is 369 g/mol. The van der Waals surface area contributed by atoms with Gasteiger partial charge in [0, 0.05) is 10.4 Å². The number of hydrogen-bond donors (Lipinski definition) is 0. The van der Waals surface area contributed by atoms with Crippen molar-refractivity contribution in [1.29, 1.82) is 0 Å². The maximum Gasteiger partial charge on any atom is 0.309 e. The van der Waals surface area contributed by atoms with E-state index >= 15 is 0 Å². The fraction of sp³-hybridized carbons (Fsp3) is 0.500. The Morgan fingerprint density at radius 3 is 2.55 bits per heavy atom. The second-order valence-corrected chi connectivity index (χ2v) is 6.53. The van der Waals surface area contributed by atoms with Gasteiger partial charge in [-0.3, -0.25) is 4.79 Å². The second kappa shape index (κ2) is 9.80. The summed E-state index contributed by atoms with van der Waals surface area (Å²) in [6, 6.07) is 8.07. The first-order chi connectivity index (χ1) is 10.5. The van der Waals surface area contributed by atoms with Crippen LogP contribution in [0.2, 0.25) is 0 Å². The predicted molar refractivity (Wildman–Crippen MR) is 92.5 cm³/mol. The van der Waals surface area contributed by atoms with Gasteiger partial charge in [-0.1, -0.05) is 67.1 Å². The molecule has 4 heteroatoms. The third-order valence-electron chi connectivity index (χ3n) is 3.52. The van der Waals surface area contributed by atoms with Crippen molar-refractivity contribution >= 4 is 21.9 Å². The summed E-state index contributed by atoms with van der Waals surface area (Å²) in [5.74, 6) is 0.395. The number of carbonyl (C=O) groups excluding carboxylic acids is 1. The third-order valence-corrected chi connectivity index (χ3v) is 4.29. The van der Waals surface area contributed by atoms with Gasteiger partial charge in [-0.2, -0.15) is 0 Å². The van der Waals surface area contributed by atoms with E-state index in [0.29, 0.717) is 18.9 Å². The first-order valence-corrected chi connectivity index (χ1v) is 8.33. The van der Waals surface area contributed by atoms with E-state index in [1.54, 1.807) is 0 Å². The molecule has 0 spiro atoms. The quantitative estimate of drug-likeness (QED) is 0.490. The lowest BCUT2D eigenvalue weighted by Crippen LogP contribution is -2.26. The minimum atomic E-state index is -0.223. The Hall–Kier alpha value is -1.13. The fourth-order valence-electron chi connectivity index (χ4n) is 2.32. The highest BCUT2D eigenvalue weighted by molar-refractivity contribution is 9.10. The fourth-order valence-corrected chi connectivity index (χ4v) is 2.72. The number of hydrogen-bond acceptors (Lipinski definition) is 3. The smallest absolute Gasteiger partial charge is 0.309 e. The van der Waals surface area contributed by atoms with Crippen LogP contribution in [0.15, 0.2) is 40.9 Å². The number of ether oxygens (including phenoxy) is 2. The normalized spacial score (nSPS) is 14.3. The Morgan fingerprint density at radius 2 is 1.95 bits per heavy atom. The molecule has 1 rings (SSSR count). The van der Waals surface area contributed by atoms with Gasteiger partial charge in [0.2, 0.25) is 0 Å². The molecule has 1 aromatic rings. The topological polar surface area (TPSA) is 35.5 Å². The van der Waals surface area contributed by atoms with Crippen LogP contribution in [0.5, 0.6) is 0 Å². The lowest BCUT2D eigenvalue weighted by molar-refractivity contribution is -0.139. The van der Waals surface area contributed by atoms with Crippen molar-refractivity contribution in [3.8, 4) is 0 Å². The average Bonchev–Trinajstić information content (AvgIpc) is 2.48. The van der Waals surface area contributed by atoms with E-state index in [-0.39, 0.29) is 18.0 Å². The minimum absolute atomic E-state index is 0.0982. The highest BCUT2D eigenvalue weighted by Gasteiger charge is 2.20. The van der Waals surface area contributed by atoms with E-state index in [0.717, 1.165) is 10.0 Å². The molecule has 0 bridgehead atoms. The molecule has 0 N–H and O–H groups in total. The molecule has 122 valence electrons. The van der Waals surface area contributed by atoms with Crippen LogP contribution in [0, 0.1) is 11.8 Å². The van der Waals surface area contributed by atoms with Crippen molar-refractivity contribution in [1.82, 2.24) is 0 Å². The summed E-state index contributed by atoms with van der Waals surface area (Å²) in [6.07, 6.45) is 4.28. The highest BCUT2D eigenvalue weighted by Crippen LogP contribution is 2.23. The van der Waals surface area contributed by atoms with Crippen LogP contribution in [-0.2, 0) is 20.9 Å². The van der Waals surface area contributed by atoms with Crippen molar-refractivity contribution in [3.05, 3.63) is 46.5 Å². The zero-order chi connectivity index (χ0) is 16.5. The van der Waals surface area contributed by atoms with Gasteiger partial charge in [-0.25, -0.2) is 0 Å². The standard InChI is InChI=1S/C18H25BrO3/c1-13(2)18(14(3)8-7-11-17(20)21-4)22-12-15-9-5-6-10-16(15)19/h5-10,13-14,18H,11-12H2,1-4H3/b8-7-/t14-,18-/m0/s1. The van der Waals surface area contributed by atoms with Crippen LogP contribution >= 0.6 is 15.9 Å². The van der Waals surface area contributed by atoms with Crippen molar-refractivity contribution in [2.45, 2.75) is 39.9 Å². The van der Waals surface area contributed by atoms with Crippen LogP contribution in [0.25, 0.3) is 0 Å². The number of benzene rings is 1. The van der Waals surface area contributed by atoms with Crippen LogP contribution in [0.3, 0.4) is 0 Å². The molecule has 0 saturated carbocycles. The molecule has 0 aliphatic heterocycles. The van der Waals surface area contributed by atoms with E-state index in [1.165, 1.54) is 7.11 Å². The summed E-state index contributed by atoms with van der Waals surface area (Å²) in [5, 5.41) is 0. The predicted octanol–water partition coefficient (Wildman–Crippen LogP) is 4.75. The summed E-state index contributed by atoms with van der Waals surface area (Å²) < 4.78 is 11.8. The molecule has 22 heavy (non-hydrogen) atoms. The van der Waals surface area contributed by atoms with Gasteiger partial charge >= 0.3 is 5.97 Å². The second-order valence-electron chi connectivity index (χ2n) is 5.68. The largest absolute Gasteiger partial charge is 0.469 e. The molecule has 0 radical (unpaired) electrons. The van der Waals surface area contributed by atoms with Gasteiger partial charge in [0.15, 0.2) is 0 Å². The van der Waals surface area contributed by atoms with E-state index < -0.39 is 0 Å². The Labute approximate surface area is 141 Å². The van der Waals surface area contributed by atoms with Gasteiger partial charge in [0.25, 0.3) is 0 Å². The summed E-state index contributed by atoms with van der Waals surface area (Å²) >= 11 is 3.54. The van der Waals surface area contributed by atoms with Crippen LogP contribution in [0.1, 0.15) is 32.8 Å². The number of halogens is 1. The molecule has 0 aromatic heterocycles. The van der Waals surface area contributed by atoms with E-state index in [4.69, 9.17) is 4.74 Å². The molecule has 0 fully saturated rings. The van der Waals surface area contributed by atoms with Gasteiger partial charge < -0.3 is 9.47 Å². The zero-order valence-corrected chi connectivity index (χ0v) is 15.3. The van der Waals surface area contributed by atoms with E-state index in [9.17, 15) is 4.79 Å². The molecular weight excluding hydrogens is 344 g/mol. The maximum absolute atomic E-state index is 11.1. The van der Waals surface area contributed by atoms with Crippen molar-refractivity contribution in [2.75, 3.05) is 7.11 Å². The Kier molecular flexibility index (Phi) is 8.43. The van der Waals surface area contributed by atoms with Gasteiger partial charge in [0.05, 0.1) is 26.2 Å². The van der Waals surface area contributed by atoms with Crippen LogP contribution in [-0.4, -0.2) is 19.2 Å². The lowest BCUT2D eigenvalue weighted by atomic mass is 9.94. The Morgan fingerprint density at radius 1 is 1.27 bits per heavy atom. The highest BCUT2D eigenvalue weighted by atomic mass is 79.9. The van der Waals surface area contributed by atoms with E-state index in [2.05, 4.69) is 47.5 Å². The molecule has 0 unspecified atom stereocenters. The zero-order valence-electron chi connectivity index (χ0n) is 13.7. The van der Waals surface area contributed by atoms with Crippen molar-refractivity contribution in [2.24, 2.45) is 11.8 Å². The minimum Gasteiger partial charge on any atom is -0.469 e. The molecule has 0 amide bonds. The lowest BCUT2D eigenvalue weighted by Gasteiger charge is -2.26. The molecule has 2 atom stereocenters.